The molecule has 1 heterocycles. The molecular weight excluding hydrogens is 397 g/mol. The summed E-state index contributed by atoms with van der Waals surface area (Å²) in [6.45, 7) is 4.15. The zero-order valence-corrected chi connectivity index (χ0v) is 17.8. The third-order valence-electron chi connectivity index (χ3n) is 6.76. The molecule has 0 spiro atoms. The van der Waals surface area contributed by atoms with Gasteiger partial charge in [-0.05, 0) is 42.5 Å². The number of likely N-dealkylation sites (tertiary alicyclic amines) is 1. The molecule has 1 saturated carbocycles. The van der Waals surface area contributed by atoms with Crippen LogP contribution in [0.3, 0.4) is 0 Å². The molecule has 0 unspecified atom stereocenters. The second-order valence-corrected chi connectivity index (χ2v) is 8.56. The van der Waals surface area contributed by atoms with Gasteiger partial charge in [-0.3, -0.25) is 4.90 Å². The minimum Gasteiger partial charge on any atom is -0.497 e. The van der Waals surface area contributed by atoms with Crippen LogP contribution in [0.5, 0.6) is 11.5 Å². The Hall–Kier alpha value is -1.46. The van der Waals surface area contributed by atoms with E-state index in [4.69, 9.17) is 32.7 Å². The summed E-state index contributed by atoms with van der Waals surface area (Å²) in [7, 11) is 3.34. The highest BCUT2D eigenvalue weighted by atomic mass is 35.5. The SMILES string of the molecule is COc1ccc(CN2C[C@@H]3[C@@H](CO)[C@]3(c3ccc(Cl)c(Cl)c3)[C@H]2C)c(OC)c1. The number of hydrogen-bond acceptors (Lipinski definition) is 4. The number of aliphatic hydroxyl groups excluding tert-OH is 1. The average Bonchev–Trinajstić information content (AvgIpc) is 3.27. The topological polar surface area (TPSA) is 41.9 Å². The molecule has 2 aromatic carbocycles. The smallest absolute Gasteiger partial charge is 0.127 e. The number of benzene rings is 2. The van der Waals surface area contributed by atoms with Gasteiger partial charge in [0.1, 0.15) is 11.5 Å². The Labute approximate surface area is 176 Å². The Kier molecular flexibility index (Phi) is 5.25. The van der Waals surface area contributed by atoms with E-state index in [0.717, 1.165) is 30.2 Å². The van der Waals surface area contributed by atoms with Crippen LogP contribution < -0.4 is 9.47 Å². The second-order valence-electron chi connectivity index (χ2n) is 7.74. The minimum atomic E-state index is -0.0807. The van der Waals surface area contributed by atoms with E-state index in [-0.39, 0.29) is 24.0 Å². The highest BCUT2D eigenvalue weighted by Crippen LogP contribution is 2.67. The number of hydrogen-bond donors (Lipinski definition) is 1. The lowest BCUT2D eigenvalue weighted by Gasteiger charge is -2.32. The molecule has 0 amide bonds. The van der Waals surface area contributed by atoms with Crippen LogP contribution >= 0.6 is 23.2 Å². The molecule has 1 aliphatic carbocycles. The van der Waals surface area contributed by atoms with Gasteiger partial charge in [-0.25, -0.2) is 0 Å². The Bertz CT molecular complexity index is 890. The van der Waals surface area contributed by atoms with Crippen molar-refractivity contribution >= 4 is 23.2 Å². The highest BCUT2D eigenvalue weighted by Gasteiger charge is 2.72. The van der Waals surface area contributed by atoms with Crippen LogP contribution in [-0.2, 0) is 12.0 Å². The van der Waals surface area contributed by atoms with Gasteiger partial charge in [0, 0.05) is 42.8 Å². The maximum absolute atomic E-state index is 9.98. The summed E-state index contributed by atoms with van der Waals surface area (Å²) in [5, 5.41) is 11.1. The van der Waals surface area contributed by atoms with Gasteiger partial charge in [0.2, 0.25) is 0 Å². The molecule has 1 N–H and O–H groups in total. The number of piperidine rings is 1. The van der Waals surface area contributed by atoms with Crippen LogP contribution in [0.2, 0.25) is 10.0 Å². The third kappa shape index (κ3) is 2.89. The molecule has 0 aromatic heterocycles. The summed E-state index contributed by atoms with van der Waals surface area (Å²) in [5.41, 5.74) is 2.21. The third-order valence-corrected chi connectivity index (χ3v) is 7.50. The molecule has 2 aromatic rings. The Balaban J connectivity index is 1.62. The van der Waals surface area contributed by atoms with Crippen molar-refractivity contribution in [2.24, 2.45) is 11.8 Å². The van der Waals surface area contributed by atoms with E-state index < -0.39 is 0 Å². The molecule has 2 fully saturated rings. The molecule has 4 atom stereocenters. The first kappa shape index (κ1) is 19.8. The van der Waals surface area contributed by atoms with Gasteiger partial charge < -0.3 is 14.6 Å². The fourth-order valence-corrected chi connectivity index (χ4v) is 5.59. The summed E-state index contributed by atoms with van der Waals surface area (Å²) in [6.07, 6.45) is 0. The largest absolute Gasteiger partial charge is 0.497 e. The maximum Gasteiger partial charge on any atom is 0.127 e. The summed E-state index contributed by atoms with van der Waals surface area (Å²) in [5.74, 6) is 2.28. The van der Waals surface area contributed by atoms with Crippen molar-refractivity contribution in [2.45, 2.75) is 24.9 Å². The van der Waals surface area contributed by atoms with Crippen LogP contribution in [0.1, 0.15) is 18.1 Å². The van der Waals surface area contributed by atoms with Gasteiger partial charge in [-0.2, -0.15) is 0 Å². The minimum absolute atomic E-state index is 0.0807. The molecule has 0 bridgehead atoms. The van der Waals surface area contributed by atoms with E-state index in [1.165, 1.54) is 5.56 Å². The maximum atomic E-state index is 9.98. The van der Waals surface area contributed by atoms with Gasteiger partial charge in [-0.15, -0.1) is 0 Å². The number of rotatable bonds is 6. The van der Waals surface area contributed by atoms with Gasteiger partial charge in [-0.1, -0.05) is 35.3 Å². The van der Waals surface area contributed by atoms with Gasteiger partial charge in [0.05, 0.1) is 24.3 Å². The normalized spacial score (nSPS) is 28.9. The zero-order valence-electron chi connectivity index (χ0n) is 16.3. The second kappa shape index (κ2) is 7.42. The van der Waals surface area contributed by atoms with Crippen LogP contribution in [-0.4, -0.2) is 43.4 Å². The number of nitrogens with zero attached hydrogens (tertiary/aromatic N) is 1. The zero-order chi connectivity index (χ0) is 20.1. The lowest BCUT2D eigenvalue weighted by Crippen LogP contribution is -2.38. The van der Waals surface area contributed by atoms with Crippen molar-refractivity contribution in [1.82, 2.24) is 4.90 Å². The average molecular weight is 422 g/mol. The number of ether oxygens (including phenoxy) is 2. The van der Waals surface area contributed by atoms with Crippen LogP contribution in [0.15, 0.2) is 36.4 Å². The quantitative estimate of drug-likeness (QED) is 0.750. The number of fused-ring (bicyclic) bond motifs is 1. The molecule has 1 saturated heterocycles. The molecule has 150 valence electrons. The van der Waals surface area contributed by atoms with E-state index in [1.807, 2.05) is 24.3 Å². The van der Waals surface area contributed by atoms with Gasteiger partial charge in [0.25, 0.3) is 0 Å². The summed E-state index contributed by atoms with van der Waals surface area (Å²) in [4.78, 5) is 2.46. The first-order valence-corrected chi connectivity index (χ1v) is 10.2. The predicted octanol–water partition coefficient (Wildman–Crippen LogP) is 4.39. The Morgan fingerprint density at radius 2 is 1.89 bits per heavy atom. The van der Waals surface area contributed by atoms with Crippen molar-refractivity contribution in [1.29, 1.82) is 0 Å². The number of halogens is 2. The summed E-state index contributed by atoms with van der Waals surface area (Å²) < 4.78 is 10.9. The van der Waals surface area contributed by atoms with E-state index >= 15 is 0 Å². The number of aliphatic hydroxyl groups is 1. The molecule has 0 radical (unpaired) electrons. The lowest BCUT2D eigenvalue weighted by atomic mass is 9.86. The highest BCUT2D eigenvalue weighted by molar-refractivity contribution is 6.42. The van der Waals surface area contributed by atoms with Crippen molar-refractivity contribution < 1.29 is 14.6 Å². The standard InChI is InChI=1S/C22H25Cl2NO3/c1-13-22(15-5-7-19(23)20(24)8-15)17(18(22)12-26)11-25(13)10-14-4-6-16(27-2)9-21(14)28-3/h4-9,13,17-18,26H,10-12H2,1-3H3/t13-,17-,18-,22+/m1/s1. The number of methoxy groups -OCH3 is 2. The first-order chi connectivity index (χ1) is 13.5. The van der Waals surface area contributed by atoms with Crippen molar-refractivity contribution in [3.05, 3.63) is 57.6 Å². The fourth-order valence-electron chi connectivity index (χ4n) is 5.29. The van der Waals surface area contributed by atoms with E-state index in [9.17, 15) is 5.11 Å². The van der Waals surface area contributed by atoms with E-state index in [1.54, 1.807) is 14.2 Å². The molecule has 4 nitrogen and oxygen atoms in total. The Morgan fingerprint density at radius 3 is 2.54 bits per heavy atom. The monoisotopic (exact) mass is 421 g/mol. The van der Waals surface area contributed by atoms with Crippen molar-refractivity contribution in [2.75, 3.05) is 27.4 Å². The fraction of sp³-hybridized carbons (Fsp3) is 0.455. The molecular formula is C22H25Cl2NO3. The first-order valence-electron chi connectivity index (χ1n) is 9.48. The van der Waals surface area contributed by atoms with E-state index in [0.29, 0.717) is 16.0 Å². The summed E-state index contributed by atoms with van der Waals surface area (Å²) in [6, 6.07) is 12.1. The Morgan fingerprint density at radius 1 is 1.11 bits per heavy atom. The molecule has 6 heteroatoms. The summed E-state index contributed by atoms with van der Waals surface area (Å²) >= 11 is 12.4. The molecule has 2 aliphatic rings. The van der Waals surface area contributed by atoms with Crippen LogP contribution in [0.4, 0.5) is 0 Å². The lowest BCUT2D eigenvalue weighted by molar-refractivity contribution is 0.164. The predicted molar refractivity (Wildman–Crippen MR) is 112 cm³/mol. The molecule has 28 heavy (non-hydrogen) atoms. The van der Waals surface area contributed by atoms with Crippen LogP contribution in [0, 0.1) is 11.8 Å². The van der Waals surface area contributed by atoms with Crippen molar-refractivity contribution in [3.8, 4) is 11.5 Å². The molecule has 1 aliphatic heterocycles. The van der Waals surface area contributed by atoms with E-state index in [2.05, 4.69) is 24.0 Å². The molecule has 4 rings (SSSR count). The van der Waals surface area contributed by atoms with Gasteiger partial charge in [0.15, 0.2) is 0 Å². The van der Waals surface area contributed by atoms with Crippen molar-refractivity contribution in [3.63, 3.8) is 0 Å². The van der Waals surface area contributed by atoms with Gasteiger partial charge >= 0.3 is 0 Å². The van der Waals surface area contributed by atoms with Crippen LogP contribution in [0.25, 0.3) is 0 Å².